The van der Waals surface area contributed by atoms with Crippen LogP contribution in [0, 0.1) is 5.92 Å². The van der Waals surface area contributed by atoms with Crippen molar-refractivity contribution in [1.29, 1.82) is 0 Å². The van der Waals surface area contributed by atoms with Gasteiger partial charge in [0.2, 0.25) is 5.91 Å². The van der Waals surface area contributed by atoms with Crippen LogP contribution in [0.5, 0.6) is 0 Å². The average Bonchev–Trinajstić information content (AvgIpc) is 2.83. The highest BCUT2D eigenvalue weighted by atomic mass is 16.6. The maximum absolute atomic E-state index is 11.8. The fourth-order valence-corrected chi connectivity index (χ4v) is 2.23. The van der Waals surface area contributed by atoms with Crippen molar-refractivity contribution in [1.82, 2.24) is 4.90 Å². The van der Waals surface area contributed by atoms with Crippen molar-refractivity contribution < 1.29 is 24.2 Å². The van der Waals surface area contributed by atoms with Gasteiger partial charge in [0.25, 0.3) is 0 Å². The van der Waals surface area contributed by atoms with E-state index in [2.05, 4.69) is 0 Å². The highest BCUT2D eigenvalue weighted by molar-refractivity contribution is 5.87. The van der Waals surface area contributed by atoms with E-state index in [1.807, 2.05) is 0 Å². The number of fused-ring (bicyclic) bond motifs is 2. The monoisotopic (exact) mass is 241 g/mol. The molecule has 0 spiro atoms. The molecule has 17 heavy (non-hydrogen) atoms. The summed E-state index contributed by atoms with van der Waals surface area (Å²) < 4.78 is 4.98. The van der Waals surface area contributed by atoms with Crippen LogP contribution in [0.25, 0.3) is 0 Å². The molecular formula is C11H15NO5. The number of carboxylic acids is 1. The number of esters is 1. The summed E-state index contributed by atoms with van der Waals surface area (Å²) >= 11 is 0. The zero-order valence-electron chi connectivity index (χ0n) is 9.59. The van der Waals surface area contributed by atoms with Gasteiger partial charge in [0, 0.05) is 12.8 Å². The number of carboxylic acid groups (broad SMARTS) is 1. The quantitative estimate of drug-likeness (QED) is 0.701. The molecule has 0 saturated carbocycles. The Balaban J connectivity index is 1.85. The van der Waals surface area contributed by atoms with Gasteiger partial charge in [-0.15, -0.1) is 0 Å². The first kappa shape index (κ1) is 11.9. The lowest BCUT2D eigenvalue weighted by Gasteiger charge is -2.25. The smallest absolute Gasteiger partial charge is 0.329 e. The van der Waals surface area contributed by atoms with Gasteiger partial charge in [0.1, 0.15) is 12.1 Å². The lowest BCUT2D eigenvalue weighted by atomic mass is 10.1. The molecule has 3 atom stereocenters. The number of carbonyl (C=O) groups excluding carboxylic acids is 2. The Kier molecular flexibility index (Phi) is 3.04. The second-order valence-electron chi connectivity index (χ2n) is 4.63. The lowest BCUT2D eigenvalue weighted by molar-refractivity contribution is -0.157. The van der Waals surface area contributed by atoms with Gasteiger partial charge in [-0.05, 0) is 6.42 Å². The summed E-state index contributed by atoms with van der Waals surface area (Å²) in [7, 11) is 0. The number of carbonyl (C=O) groups is 3. The van der Waals surface area contributed by atoms with E-state index in [-0.39, 0.29) is 24.4 Å². The molecule has 6 heteroatoms. The van der Waals surface area contributed by atoms with Crippen LogP contribution in [-0.4, -0.2) is 46.5 Å². The van der Waals surface area contributed by atoms with Crippen molar-refractivity contribution in [3.8, 4) is 0 Å². The molecule has 2 bridgehead atoms. The van der Waals surface area contributed by atoms with Crippen LogP contribution < -0.4 is 0 Å². The van der Waals surface area contributed by atoms with Crippen molar-refractivity contribution in [2.45, 2.75) is 38.3 Å². The predicted octanol–water partition coefficient (Wildman–Crippen LogP) is 0.0136. The fourth-order valence-electron chi connectivity index (χ4n) is 2.23. The zero-order valence-corrected chi connectivity index (χ0v) is 9.59. The van der Waals surface area contributed by atoms with Gasteiger partial charge in [-0.3, -0.25) is 9.59 Å². The van der Waals surface area contributed by atoms with E-state index in [4.69, 9.17) is 9.84 Å². The number of amides is 1. The standard InChI is InChI=1S/C11H15NO5/c1-6(10(14)15)2-3-9(13)12-5-7-4-8(12)11(16)17-7/h6-8H,2-5H2,1H3,(H,14,15)/t6-,7-,8+/m0/s1. The topological polar surface area (TPSA) is 83.9 Å². The lowest BCUT2D eigenvalue weighted by Crippen LogP contribution is -2.44. The van der Waals surface area contributed by atoms with Gasteiger partial charge in [-0.1, -0.05) is 6.92 Å². The molecule has 2 aliphatic heterocycles. The molecule has 0 aromatic rings. The molecule has 1 amide bonds. The SMILES string of the molecule is C[C@@H](CCC(=O)N1C[C@@H]2C[C@@H]1C(=O)O2)C(=O)O. The van der Waals surface area contributed by atoms with Gasteiger partial charge in [-0.25, -0.2) is 4.79 Å². The number of likely N-dealkylation sites (tertiary alicyclic amines) is 1. The molecule has 1 N–H and O–H groups in total. The Hall–Kier alpha value is -1.59. The van der Waals surface area contributed by atoms with Crippen LogP contribution >= 0.6 is 0 Å². The van der Waals surface area contributed by atoms with Crippen molar-refractivity contribution in [2.75, 3.05) is 6.54 Å². The number of ether oxygens (including phenoxy) is 1. The van der Waals surface area contributed by atoms with Crippen LogP contribution in [0.2, 0.25) is 0 Å². The summed E-state index contributed by atoms with van der Waals surface area (Å²) in [4.78, 5) is 35.3. The molecule has 2 fully saturated rings. The Morgan fingerprint density at radius 1 is 1.59 bits per heavy atom. The molecule has 0 radical (unpaired) electrons. The molecule has 0 unspecified atom stereocenters. The molecule has 0 aromatic heterocycles. The fraction of sp³-hybridized carbons (Fsp3) is 0.727. The number of morpholine rings is 1. The van der Waals surface area contributed by atoms with E-state index in [0.717, 1.165) is 0 Å². The normalized spacial score (nSPS) is 28.1. The largest absolute Gasteiger partial charge is 0.481 e. The summed E-state index contributed by atoms with van der Waals surface area (Å²) in [6.07, 6.45) is 0.897. The first-order valence-corrected chi connectivity index (χ1v) is 5.72. The first-order valence-electron chi connectivity index (χ1n) is 5.72. The molecule has 2 heterocycles. The van der Waals surface area contributed by atoms with E-state index < -0.39 is 17.9 Å². The number of hydrogen-bond acceptors (Lipinski definition) is 4. The van der Waals surface area contributed by atoms with E-state index >= 15 is 0 Å². The summed E-state index contributed by atoms with van der Waals surface area (Å²) in [6.45, 7) is 2.02. The molecule has 94 valence electrons. The second-order valence-corrected chi connectivity index (χ2v) is 4.63. The third-order valence-electron chi connectivity index (χ3n) is 3.35. The third-order valence-corrected chi connectivity index (χ3v) is 3.35. The van der Waals surface area contributed by atoms with Gasteiger partial charge < -0.3 is 14.7 Å². The van der Waals surface area contributed by atoms with Crippen molar-refractivity contribution in [2.24, 2.45) is 5.92 Å². The van der Waals surface area contributed by atoms with Crippen LogP contribution in [0.4, 0.5) is 0 Å². The minimum atomic E-state index is -0.903. The van der Waals surface area contributed by atoms with E-state index in [1.165, 1.54) is 4.90 Å². The maximum atomic E-state index is 11.8. The second kappa shape index (κ2) is 4.35. The van der Waals surface area contributed by atoms with Gasteiger partial charge >= 0.3 is 11.9 Å². The Labute approximate surface area is 98.5 Å². The minimum Gasteiger partial charge on any atom is -0.481 e. The molecule has 2 rings (SSSR count). The first-order chi connectivity index (χ1) is 7.99. The molecule has 0 aromatic carbocycles. The van der Waals surface area contributed by atoms with Crippen LogP contribution in [-0.2, 0) is 19.1 Å². The average molecular weight is 241 g/mol. The highest BCUT2D eigenvalue weighted by Gasteiger charge is 2.48. The number of nitrogens with zero attached hydrogens (tertiary/aromatic N) is 1. The Morgan fingerprint density at radius 2 is 2.29 bits per heavy atom. The van der Waals surface area contributed by atoms with E-state index in [0.29, 0.717) is 19.4 Å². The molecular weight excluding hydrogens is 226 g/mol. The van der Waals surface area contributed by atoms with Crippen molar-refractivity contribution in [3.63, 3.8) is 0 Å². The Bertz CT molecular complexity index is 367. The van der Waals surface area contributed by atoms with Crippen molar-refractivity contribution >= 4 is 17.8 Å². The predicted molar refractivity (Wildman–Crippen MR) is 56.0 cm³/mol. The summed E-state index contributed by atoms with van der Waals surface area (Å²) in [5, 5.41) is 8.71. The molecule has 0 aliphatic carbocycles. The van der Waals surface area contributed by atoms with Crippen LogP contribution in [0.15, 0.2) is 0 Å². The summed E-state index contributed by atoms with van der Waals surface area (Å²) in [5.41, 5.74) is 0. The summed E-state index contributed by atoms with van der Waals surface area (Å²) in [5.74, 6) is -1.92. The number of aliphatic carboxylic acids is 1. The van der Waals surface area contributed by atoms with Gasteiger partial charge in [0.15, 0.2) is 0 Å². The number of hydrogen-bond donors (Lipinski definition) is 1. The van der Waals surface area contributed by atoms with E-state index in [9.17, 15) is 14.4 Å². The third kappa shape index (κ3) is 2.25. The molecule has 2 saturated heterocycles. The highest BCUT2D eigenvalue weighted by Crippen LogP contribution is 2.29. The van der Waals surface area contributed by atoms with Crippen LogP contribution in [0.3, 0.4) is 0 Å². The van der Waals surface area contributed by atoms with Gasteiger partial charge in [-0.2, -0.15) is 0 Å². The maximum Gasteiger partial charge on any atom is 0.329 e. The number of rotatable bonds is 4. The zero-order chi connectivity index (χ0) is 12.6. The van der Waals surface area contributed by atoms with Crippen molar-refractivity contribution in [3.05, 3.63) is 0 Å². The van der Waals surface area contributed by atoms with Gasteiger partial charge in [0.05, 0.1) is 12.5 Å². The Morgan fingerprint density at radius 3 is 2.82 bits per heavy atom. The van der Waals surface area contributed by atoms with E-state index in [1.54, 1.807) is 6.92 Å². The molecule has 2 aliphatic rings. The molecule has 6 nitrogen and oxygen atoms in total. The minimum absolute atomic E-state index is 0.151. The van der Waals surface area contributed by atoms with Crippen LogP contribution in [0.1, 0.15) is 26.2 Å². The summed E-state index contributed by atoms with van der Waals surface area (Å²) in [6, 6.07) is -0.437.